The largest absolute Gasteiger partial charge is 0.411 e. The Labute approximate surface area is 154 Å². The van der Waals surface area contributed by atoms with E-state index < -0.39 is 6.03 Å². The van der Waals surface area contributed by atoms with Crippen molar-refractivity contribution in [3.8, 4) is 11.5 Å². The van der Waals surface area contributed by atoms with Crippen LogP contribution in [0.2, 0.25) is 0 Å². The average molecular weight is 368 g/mol. The van der Waals surface area contributed by atoms with E-state index in [9.17, 15) is 9.59 Å². The van der Waals surface area contributed by atoms with Crippen LogP contribution in [0.3, 0.4) is 0 Å². The van der Waals surface area contributed by atoms with Crippen LogP contribution in [0.1, 0.15) is 15.9 Å². The number of hydrogen-bond donors (Lipinski definition) is 2. The summed E-state index contributed by atoms with van der Waals surface area (Å²) >= 11 is 1.18. The molecule has 2 aromatic carbocycles. The molecular formula is C18H16N4O3S. The molecule has 3 rings (SSSR count). The molecule has 0 fully saturated rings. The third-order valence-corrected chi connectivity index (χ3v) is 4.40. The van der Waals surface area contributed by atoms with Gasteiger partial charge in [0.1, 0.15) is 0 Å². The van der Waals surface area contributed by atoms with Crippen molar-refractivity contribution in [1.29, 1.82) is 0 Å². The van der Waals surface area contributed by atoms with Gasteiger partial charge in [0.2, 0.25) is 5.89 Å². The Morgan fingerprint density at radius 2 is 1.85 bits per heavy atom. The summed E-state index contributed by atoms with van der Waals surface area (Å²) in [6, 6.07) is 13.5. The summed E-state index contributed by atoms with van der Waals surface area (Å²) in [4.78, 5) is 23.0. The van der Waals surface area contributed by atoms with Gasteiger partial charge in [0.15, 0.2) is 5.78 Å². The molecule has 1 heterocycles. The minimum atomic E-state index is -0.652. The molecule has 0 spiro atoms. The fourth-order valence-electron chi connectivity index (χ4n) is 2.28. The number of carbonyl (C=O) groups excluding carboxylic acids is 2. The lowest BCUT2D eigenvalue weighted by molar-refractivity contribution is 0.102. The van der Waals surface area contributed by atoms with Crippen molar-refractivity contribution in [3.63, 3.8) is 0 Å². The van der Waals surface area contributed by atoms with Crippen LogP contribution in [0, 0.1) is 6.92 Å². The van der Waals surface area contributed by atoms with Gasteiger partial charge >= 0.3 is 6.03 Å². The number of rotatable bonds is 6. The van der Waals surface area contributed by atoms with Crippen molar-refractivity contribution < 1.29 is 14.0 Å². The predicted molar refractivity (Wildman–Crippen MR) is 99.2 cm³/mol. The van der Waals surface area contributed by atoms with Crippen LogP contribution in [0.5, 0.6) is 0 Å². The number of ketones is 1. The van der Waals surface area contributed by atoms with Crippen molar-refractivity contribution in [2.45, 2.75) is 12.1 Å². The smallest absolute Gasteiger partial charge is 0.316 e. The van der Waals surface area contributed by atoms with Crippen LogP contribution in [-0.4, -0.2) is 27.8 Å². The van der Waals surface area contributed by atoms with Crippen molar-refractivity contribution in [1.82, 2.24) is 10.2 Å². The lowest BCUT2D eigenvalue weighted by Gasteiger charge is -2.03. The second kappa shape index (κ2) is 7.83. The summed E-state index contributed by atoms with van der Waals surface area (Å²) in [5, 5.41) is 10.8. The summed E-state index contributed by atoms with van der Waals surface area (Å²) in [7, 11) is 0. The van der Waals surface area contributed by atoms with Crippen molar-refractivity contribution in [3.05, 3.63) is 59.7 Å². The summed E-state index contributed by atoms with van der Waals surface area (Å²) < 4.78 is 5.63. The Bertz CT molecular complexity index is 938. The third-order valence-electron chi connectivity index (χ3n) is 3.58. The van der Waals surface area contributed by atoms with Gasteiger partial charge in [0.25, 0.3) is 5.22 Å². The molecular weight excluding hydrogens is 352 g/mol. The first-order chi connectivity index (χ1) is 12.5. The Hall–Kier alpha value is -3.13. The number of urea groups is 1. The minimum absolute atomic E-state index is 0.0868. The van der Waals surface area contributed by atoms with E-state index >= 15 is 0 Å². The molecule has 3 N–H and O–H groups in total. The highest BCUT2D eigenvalue weighted by Crippen LogP contribution is 2.26. The highest BCUT2D eigenvalue weighted by molar-refractivity contribution is 7.99. The van der Waals surface area contributed by atoms with Crippen LogP contribution < -0.4 is 11.1 Å². The monoisotopic (exact) mass is 368 g/mol. The number of aryl methyl sites for hydroxylation is 1. The molecule has 3 aromatic rings. The zero-order chi connectivity index (χ0) is 18.5. The number of carbonyl (C=O) groups is 2. The second-order valence-electron chi connectivity index (χ2n) is 5.47. The molecule has 7 nitrogen and oxygen atoms in total. The predicted octanol–water partition coefficient (Wildman–Crippen LogP) is 3.51. The molecule has 132 valence electrons. The number of benzene rings is 2. The standard InChI is InChI=1S/C18H16N4O3S/c1-11-4-2-3-5-14(11)16-21-22-18(25-16)26-10-15(23)12-6-8-13(9-7-12)20-17(19)24/h2-9H,10H2,1H3,(H3,19,20,24). The van der Waals surface area contributed by atoms with Gasteiger partial charge in [0, 0.05) is 16.8 Å². The van der Waals surface area contributed by atoms with E-state index in [0.29, 0.717) is 22.4 Å². The molecule has 0 atom stereocenters. The first kappa shape index (κ1) is 17.7. The zero-order valence-electron chi connectivity index (χ0n) is 13.9. The maximum absolute atomic E-state index is 12.3. The van der Waals surface area contributed by atoms with Gasteiger partial charge < -0.3 is 15.5 Å². The first-order valence-electron chi connectivity index (χ1n) is 7.75. The molecule has 0 unspecified atom stereocenters. The van der Waals surface area contributed by atoms with Crippen LogP contribution in [0.4, 0.5) is 10.5 Å². The molecule has 1 aromatic heterocycles. The third kappa shape index (κ3) is 4.28. The highest BCUT2D eigenvalue weighted by Gasteiger charge is 2.13. The van der Waals surface area contributed by atoms with E-state index in [1.54, 1.807) is 24.3 Å². The molecule has 0 aliphatic heterocycles. The summed E-state index contributed by atoms with van der Waals surface area (Å²) in [5.41, 5.74) is 8.00. The van der Waals surface area contributed by atoms with E-state index in [2.05, 4.69) is 15.5 Å². The molecule has 0 bridgehead atoms. The number of thioether (sulfide) groups is 1. The van der Waals surface area contributed by atoms with E-state index in [0.717, 1.165) is 11.1 Å². The zero-order valence-corrected chi connectivity index (χ0v) is 14.7. The number of hydrogen-bond acceptors (Lipinski definition) is 6. The maximum Gasteiger partial charge on any atom is 0.316 e. The number of amides is 2. The van der Waals surface area contributed by atoms with Crippen LogP contribution in [0.25, 0.3) is 11.5 Å². The van der Waals surface area contributed by atoms with Gasteiger partial charge in [-0.05, 0) is 42.8 Å². The van der Waals surface area contributed by atoms with Gasteiger partial charge in [-0.3, -0.25) is 4.79 Å². The van der Waals surface area contributed by atoms with Gasteiger partial charge in [-0.15, -0.1) is 10.2 Å². The molecule has 0 aliphatic rings. The summed E-state index contributed by atoms with van der Waals surface area (Å²) in [5.74, 6) is 0.508. The van der Waals surface area contributed by atoms with E-state index in [4.69, 9.17) is 10.2 Å². The van der Waals surface area contributed by atoms with Crippen molar-refractivity contribution in [2.24, 2.45) is 5.73 Å². The van der Waals surface area contributed by atoms with E-state index in [-0.39, 0.29) is 11.5 Å². The average Bonchev–Trinajstić information content (AvgIpc) is 3.09. The number of nitrogens with two attached hydrogens (primary N) is 1. The quantitative estimate of drug-likeness (QED) is 0.509. The molecule has 2 amide bonds. The Balaban J connectivity index is 1.61. The van der Waals surface area contributed by atoms with Gasteiger partial charge in [-0.2, -0.15) is 0 Å². The topological polar surface area (TPSA) is 111 Å². The molecule has 0 radical (unpaired) electrons. The molecule has 0 aliphatic carbocycles. The number of aromatic nitrogens is 2. The van der Waals surface area contributed by atoms with Gasteiger partial charge in [-0.1, -0.05) is 30.0 Å². The molecule has 0 saturated carbocycles. The minimum Gasteiger partial charge on any atom is -0.411 e. The Morgan fingerprint density at radius 3 is 2.54 bits per heavy atom. The molecule has 26 heavy (non-hydrogen) atoms. The van der Waals surface area contributed by atoms with Gasteiger partial charge in [0.05, 0.1) is 5.75 Å². The second-order valence-corrected chi connectivity index (χ2v) is 6.39. The van der Waals surface area contributed by atoms with Crippen LogP contribution in [-0.2, 0) is 0 Å². The SMILES string of the molecule is Cc1ccccc1-c1nnc(SCC(=O)c2ccc(NC(N)=O)cc2)o1. The lowest BCUT2D eigenvalue weighted by atomic mass is 10.1. The first-order valence-corrected chi connectivity index (χ1v) is 8.73. The molecule has 8 heteroatoms. The van der Waals surface area contributed by atoms with Gasteiger partial charge in [-0.25, -0.2) is 4.79 Å². The number of nitrogens with zero attached hydrogens (tertiary/aromatic N) is 2. The van der Waals surface area contributed by atoms with Crippen molar-refractivity contribution >= 4 is 29.3 Å². The van der Waals surface area contributed by atoms with E-state index in [1.165, 1.54) is 11.8 Å². The fourth-order valence-corrected chi connectivity index (χ4v) is 2.94. The summed E-state index contributed by atoms with van der Waals surface area (Å²) in [6.07, 6.45) is 0. The fraction of sp³-hybridized carbons (Fsp3) is 0.111. The summed E-state index contributed by atoms with van der Waals surface area (Å²) in [6.45, 7) is 1.96. The Morgan fingerprint density at radius 1 is 1.12 bits per heavy atom. The van der Waals surface area contributed by atoms with Crippen LogP contribution in [0.15, 0.2) is 58.2 Å². The number of primary amides is 1. The van der Waals surface area contributed by atoms with E-state index in [1.807, 2.05) is 31.2 Å². The Kier molecular flexibility index (Phi) is 5.33. The van der Waals surface area contributed by atoms with Crippen molar-refractivity contribution in [2.75, 3.05) is 11.1 Å². The number of nitrogens with one attached hydrogen (secondary N) is 1. The highest BCUT2D eigenvalue weighted by atomic mass is 32.2. The number of Topliss-reactive ketones (excluding diaryl/α,β-unsaturated/α-hetero) is 1. The number of anilines is 1. The lowest BCUT2D eigenvalue weighted by Crippen LogP contribution is -2.19. The van der Waals surface area contributed by atoms with Crippen LogP contribution >= 0.6 is 11.8 Å². The molecule has 0 saturated heterocycles. The normalized spacial score (nSPS) is 10.5. The maximum atomic E-state index is 12.3.